The van der Waals surface area contributed by atoms with Crippen LogP contribution in [-0.2, 0) is 10.0 Å². The fourth-order valence-corrected chi connectivity index (χ4v) is 4.35. The lowest BCUT2D eigenvalue weighted by atomic mass is 9.87. The first-order chi connectivity index (χ1) is 9.99. The van der Waals surface area contributed by atoms with Crippen molar-refractivity contribution in [2.75, 3.05) is 12.4 Å². The van der Waals surface area contributed by atoms with Gasteiger partial charge in [0.05, 0.1) is 4.90 Å². The number of allylic oxidation sites excluding steroid dienone is 2. The topological polar surface area (TPSA) is 58.2 Å². The highest BCUT2D eigenvalue weighted by Crippen LogP contribution is 2.45. The van der Waals surface area contributed by atoms with Crippen molar-refractivity contribution < 1.29 is 8.42 Å². The van der Waals surface area contributed by atoms with E-state index < -0.39 is 10.0 Å². The molecule has 0 spiro atoms. The Balaban J connectivity index is 1.67. The van der Waals surface area contributed by atoms with Crippen LogP contribution in [0, 0.1) is 17.8 Å². The molecule has 1 aromatic rings. The Labute approximate surface area is 126 Å². The van der Waals surface area contributed by atoms with E-state index >= 15 is 0 Å². The average Bonchev–Trinajstić information content (AvgIpc) is 3.10. The number of benzene rings is 1. The molecule has 0 saturated heterocycles. The molecule has 0 amide bonds. The van der Waals surface area contributed by atoms with Gasteiger partial charge in [-0.1, -0.05) is 12.2 Å². The first-order valence-corrected chi connectivity index (χ1v) is 8.96. The second-order valence-electron chi connectivity index (χ2n) is 6.11. The quantitative estimate of drug-likeness (QED) is 0.822. The highest BCUT2D eigenvalue weighted by molar-refractivity contribution is 7.89. The first kappa shape index (κ1) is 14.6. The third-order valence-electron chi connectivity index (χ3n) is 4.80. The normalized spacial score (nSPS) is 28.8. The van der Waals surface area contributed by atoms with Crippen LogP contribution in [0.5, 0.6) is 0 Å². The SMILES string of the molecule is CNS(=O)(=O)c1ccc(NC(C)C2CC3C=CC2C3)cc1. The molecule has 4 unspecified atom stereocenters. The van der Waals surface area contributed by atoms with Gasteiger partial charge in [0.2, 0.25) is 10.0 Å². The van der Waals surface area contributed by atoms with Gasteiger partial charge in [0.25, 0.3) is 0 Å². The Kier molecular flexibility index (Phi) is 3.80. The minimum Gasteiger partial charge on any atom is -0.382 e. The number of hydrogen-bond donors (Lipinski definition) is 2. The van der Waals surface area contributed by atoms with E-state index in [0.717, 1.165) is 11.6 Å². The van der Waals surface area contributed by atoms with Gasteiger partial charge in [-0.3, -0.25) is 0 Å². The van der Waals surface area contributed by atoms with Crippen molar-refractivity contribution in [3.05, 3.63) is 36.4 Å². The van der Waals surface area contributed by atoms with Crippen molar-refractivity contribution >= 4 is 15.7 Å². The summed E-state index contributed by atoms with van der Waals surface area (Å²) >= 11 is 0. The molecule has 2 N–H and O–H groups in total. The molecule has 4 nitrogen and oxygen atoms in total. The van der Waals surface area contributed by atoms with E-state index in [1.165, 1.54) is 19.9 Å². The zero-order chi connectivity index (χ0) is 15.0. The minimum atomic E-state index is -3.35. The predicted octanol–water partition coefficient (Wildman–Crippen LogP) is 2.61. The Morgan fingerprint density at radius 3 is 2.38 bits per heavy atom. The van der Waals surface area contributed by atoms with Gasteiger partial charge < -0.3 is 5.32 Å². The molecule has 2 aliphatic carbocycles. The van der Waals surface area contributed by atoms with E-state index in [4.69, 9.17) is 0 Å². The van der Waals surface area contributed by atoms with E-state index in [0.29, 0.717) is 22.8 Å². The summed E-state index contributed by atoms with van der Waals surface area (Å²) in [6.07, 6.45) is 7.28. The summed E-state index contributed by atoms with van der Waals surface area (Å²) < 4.78 is 25.7. The van der Waals surface area contributed by atoms with Crippen LogP contribution in [0.2, 0.25) is 0 Å². The maximum absolute atomic E-state index is 11.7. The molecule has 1 saturated carbocycles. The molecule has 4 atom stereocenters. The molecule has 5 heteroatoms. The molecule has 114 valence electrons. The van der Waals surface area contributed by atoms with Crippen LogP contribution in [0.1, 0.15) is 19.8 Å². The van der Waals surface area contributed by atoms with Crippen molar-refractivity contribution in [1.82, 2.24) is 4.72 Å². The summed E-state index contributed by atoms with van der Waals surface area (Å²) in [5, 5.41) is 3.52. The molecule has 3 rings (SSSR count). The zero-order valence-electron chi connectivity index (χ0n) is 12.4. The van der Waals surface area contributed by atoms with Gasteiger partial charge in [0, 0.05) is 11.7 Å². The Morgan fingerprint density at radius 1 is 1.14 bits per heavy atom. The molecular weight excluding hydrogens is 284 g/mol. The summed E-state index contributed by atoms with van der Waals surface area (Å²) in [5.74, 6) is 2.16. The smallest absolute Gasteiger partial charge is 0.240 e. The Bertz CT molecular complexity index is 637. The lowest BCUT2D eigenvalue weighted by Gasteiger charge is -2.27. The van der Waals surface area contributed by atoms with Crippen molar-refractivity contribution in [1.29, 1.82) is 0 Å². The maximum atomic E-state index is 11.7. The lowest BCUT2D eigenvalue weighted by molar-refractivity contribution is 0.400. The van der Waals surface area contributed by atoms with Crippen LogP contribution >= 0.6 is 0 Å². The van der Waals surface area contributed by atoms with Gasteiger partial charge in [0.1, 0.15) is 0 Å². The fraction of sp³-hybridized carbons (Fsp3) is 0.500. The van der Waals surface area contributed by atoms with E-state index in [1.54, 1.807) is 12.1 Å². The van der Waals surface area contributed by atoms with Gasteiger partial charge >= 0.3 is 0 Å². The molecule has 2 aliphatic rings. The van der Waals surface area contributed by atoms with E-state index in [9.17, 15) is 8.42 Å². The number of rotatable bonds is 5. The van der Waals surface area contributed by atoms with Crippen molar-refractivity contribution in [2.45, 2.75) is 30.7 Å². The third kappa shape index (κ3) is 2.85. The minimum absolute atomic E-state index is 0.297. The van der Waals surface area contributed by atoms with Gasteiger partial charge in [0.15, 0.2) is 0 Å². The first-order valence-electron chi connectivity index (χ1n) is 7.48. The highest BCUT2D eigenvalue weighted by Gasteiger charge is 2.38. The van der Waals surface area contributed by atoms with E-state index in [2.05, 4.69) is 29.1 Å². The van der Waals surface area contributed by atoms with Gasteiger partial charge in [-0.25, -0.2) is 13.1 Å². The third-order valence-corrected chi connectivity index (χ3v) is 6.23. The van der Waals surface area contributed by atoms with Gasteiger partial charge in [-0.05, 0) is 68.8 Å². The van der Waals surface area contributed by atoms with Crippen LogP contribution in [0.3, 0.4) is 0 Å². The van der Waals surface area contributed by atoms with Gasteiger partial charge in [-0.15, -0.1) is 0 Å². The summed E-state index contributed by atoms with van der Waals surface area (Å²) in [6.45, 7) is 2.22. The molecule has 1 fully saturated rings. The molecule has 0 radical (unpaired) electrons. The molecule has 0 aliphatic heterocycles. The molecule has 21 heavy (non-hydrogen) atoms. The fourth-order valence-electron chi connectivity index (χ4n) is 3.62. The maximum Gasteiger partial charge on any atom is 0.240 e. The van der Waals surface area contributed by atoms with Crippen LogP contribution in [0.4, 0.5) is 5.69 Å². The van der Waals surface area contributed by atoms with Crippen LogP contribution in [0.25, 0.3) is 0 Å². The van der Waals surface area contributed by atoms with Crippen molar-refractivity contribution in [3.63, 3.8) is 0 Å². The average molecular weight is 306 g/mol. The van der Waals surface area contributed by atoms with Crippen molar-refractivity contribution in [3.8, 4) is 0 Å². The Hall–Kier alpha value is -1.33. The number of hydrogen-bond acceptors (Lipinski definition) is 3. The summed E-state index contributed by atoms with van der Waals surface area (Å²) in [6, 6.07) is 7.35. The standard InChI is InChI=1S/C16H22N2O2S/c1-11(16-10-12-3-4-13(16)9-12)18-14-5-7-15(8-6-14)21(19,20)17-2/h3-8,11-13,16-18H,9-10H2,1-2H3. The number of anilines is 1. The monoisotopic (exact) mass is 306 g/mol. The molecular formula is C16H22N2O2S. The second-order valence-corrected chi connectivity index (χ2v) is 8.00. The molecule has 0 heterocycles. The predicted molar refractivity (Wildman–Crippen MR) is 84.6 cm³/mol. The molecule has 2 bridgehead atoms. The van der Waals surface area contributed by atoms with E-state index in [1.807, 2.05) is 12.1 Å². The summed E-state index contributed by atoms with van der Waals surface area (Å²) in [5.41, 5.74) is 0.976. The number of fused-ring (bicyclic) bond motifs is 2. The highest BCUT2D eigenvalue weighted by atomic mass is 32.2. The van der Waals surface area contributed by atoms with Gasteiger partial charge in [-0.2, -0.15) is 0 Å². The number of nitrogens with one attached hydrogen (secondary N) is 2. The van der Waals surface area contributed by atoms with Crippen LogP contribution in [0.15, 0.2) is 41.3 Å². The summed E-state index contributed by atoms with van der Waals surface area (Å²) in [7, 11) is -1.93. The second kappa shape index (κ2) is 5.46. The largest absolute Gasteiger partial charge is 0.382 e. The zero-order valence-corrected chi connectivity index (χ0v) is 13.2. The number of sulfonamides is 1. The van der Waals surface area contributed by atoms with Crippen LogP contribution < -0.4 is 10.0 Å². The van der Waals surface area contributed by atoms with Crippen LogP contribution in [-0.4, -0.2) is 21.5 Å². The Morgan fingerprint density at radius 2 is 1.86 bits per heavy atom. The lowest BCUT2D eigenvalue weighted by Crippen LogP contribution is -2.28. The molecule has 1 aromatic carbocycles. The summed E-state index contributed by atoms with van der Waals surface area (Å²) in [4.78, 5) is 0.297. The van der Waals surface area contributed by atoms with Crippen molar-refractivity contribution in [2.24, 2.45) is 17.8 Å². The molecule has 0 aromatic heterocycles. The van der Waals surface area contributed by atoms with E-state index in [-0.39, 0.29) is 0 Å².